The van der Waals surface area contributed by atoms with Crippen LogP contribution >= 0.6 is 0 Å². The van der Waals surface area contributed by atoms with Crippen molar-refractivity contribution in [1.29, 1.82) is 0 Å². The second-order valence-electron chi connectivity index (χ2n) is 4.08. The van der Waals surface area contributed by atoms with E-state index in [1.54, 1.807) is 0 Å². The van der Waals surface area contributed by atoms with Gasteiger partial charge in [0.1, 0.15) is 0 Å². The molecule has 0 nitrogen and oxygen atoms in total. The third-order valence-electron chi connectivity index (χ3n) is 1.77. The summed E-state index contributed by atoms with van der Waals surface area (Å²) in [5.41, 5.74) is 4.45. The van der Waals surface area contributed by atoms with Gasteiger partial charge in [0.05, 0.1) is 0 Å². The summed E-state index contributed by atoms with van der Waals surface area (Å²) in [6.45, 7) is 12.6. The van der Waals surface area contributed by atoms with E-state index in [2.05, 4.69) is 46.1 Å². The molecule has 0 atom stereocenters. The highest BCUT2D eigenvalue weighted by Gasteiger charge is 2.11. The Hall–Kier alpha value is -0.740. The normalized spacial score (nSPS) is 10.3. The van der Waals surface area contributed by atoms with E-state index in [4.69, 9.17) is 0 Å². The van der Waals surface area contributed by atoms with Gasteiger partial charge in [-0.1, -0.05) is 40.7 Å². The van der Waals surface area contributed by atoms with E-state index in [1.165, 1.54) is 6.42 Å². The zero-order valence-corrected chi connectivity index (χ0v) is 8.78. The second kappa shape index (κ2) is 5.00. The van der Waals surface area contributed by atoms with Gasteiger partial charge in [-0.05, 0) is 29.6 Å². The number of unbranched alkanes of at least 4 members (excludes halogenated alkanes) is 1. The van der Waals surface area contributed by atoms with Crippen LogP contribution in [0.4, 0.5) is 0 Å². The number of hydrogen-bond donors (Lipinski definition) is 0. The van der Waals surface area contributed by atoms with Gasteiger partial charge in [0.2, 0.25) is 0 Å². The van der Waals surface area contributed by atoms with Crippen molar-refractivity contribution in [2.75, 3.05) is 0 Å². The van der Waals surface area contributed by atoms with E-state index >= 15 is 0 Å². The smallest absolute Gasteiger partial charge is 0.0132 e. The number of allylic oxidation sites excluding steroid dienone is 2. The maximum Gasteiger partial charge on any atom is -0.0132 e. The Labute approximate surface area is 76.7 Å². The van der Waals surface area contributed by atoms with Gasteiger partial charge in [-0.25, -0.2) is 0 Å². The number of rotatable bonds is 3. The number of hydrogen-bond acceptors (Lipinski definition) is 0. The molecular weight excluding hydrogens is 144 g/mol. The first-order valence-corrected chi connectivity index (χ1v) is 4.58. The molecule has 0 fully saturated rings. The lowest BCUT2D eigenvalue weighted by Crippen LogP contribution is -2.05. The summed E-state index contributed by atoms with van der Waals surface area (Å²) >= 11 is 0. The molecule has 0 saturated heterocycles. The minimum atomic E-state index is 0.174. The quantitative estimate of drug-likeness (QED) is 0.435. The summed E-state index contributed by atoms with van der Waals surface area (Å²) in [6.07, 6.45) is 6.34. The predicted octanol–water partition coefficient (Wildman–Crippen LogP) is 4.10. The molecule has 12 heavy (non-hydrogen) atoms. The van der Waals surface area contributed by atoms with Crippen LogP contribution in [0.3, 0.4) is 0 Å². The highest BCUT2D eigenvalue weighted by Crippen LogP contribution is 2.23. The van der Waals surface area contributed by atoms with Gasteiger partial charge in [0, 0.05) is 0 Å². The fourth-order valence-electron chi connectivity index (χ4n) is 0.604. The molecule has 0 radical (unpaired) electrons. The third-order valence-corrected chi connectivity index (χ3v) is 1.77. The molecule has 0 heterocycles. The van der Waals surface area contributed by atoms with Crippen LogP contribution < -0.4 is 0 Å². The van der Waals surface area contributed by atoms with E-state index in [-0.39, 0.29) is 5.41 Å². The van der Waals surface area contributed by atoms with Crippen LogP contribution in [0.1, 0.15) is 40.5 Å². The highest BCUT2D eigenvalue weighted by molar-refractivity contribution is 5.20. The zero-order valence-electron chi connectivity index (χ0n) is 8.78. The average molecular weight is 164 g/mol. The van der Waals surface area contributed by atoms with Crippen molar-refractivity contribution in [3.63, 3.8) is 0 Å². The van der Waals surface area contributed by atoms with Gasteiger partial charge < -0.3 is 0 Å². The van der Waals surface area contributed by atoms with Crippen LogP contribution in [0.2, 0.25) is 0 Å². The second-order valence-corrected chi connectivity index (χ2v) is 4.08. The lowest BCUT2D eigenvalue weighted by molar-refractivity contribution is 0.519. The van der Waals surface area contributed by atoms with Crippen LogP contribution in [-0.4, -0.2) is 0 Å². The molecule has 0 spiro atoms. The lowest BCUT2D eigenvalue weighted by atomic mass is 9.88. The largest absolute Gasteiger partial charge is 0.125 e. The van der Waals surface area contributed by atoms with Crippen molar-refractivity contribution in [2.24, 2.45) is 5.41 Å². The van der Waals surface area contributed by atoms with Gasteiger partial charge in [-0.15, -0.1) is 5.73 Å². The fraction of sp³-hybridized carbons (Fsp3) is 0.583. The summed E-state index contributed by atoms with van der Waals surface area (Å²) in [4.78, 5) is 0. The molecule has 68 valence electrons. The standard InChI is InChI=1S/C12H20/c1-6-7-8-9-10-11(2)12(3,4)5/h8,10H,2,6-7H2,1,3-5H3. The minimum Gasteiger partial charge on any atom is -0.125 e. The average Bonchev–Trinajstić information content (AvgIpc) is 1.96. The van der Waals surface area contributed by atoms with Crippen molar-refractivity contribution >= 4 is 0 Å². The summed E-state index contributed by atoms with van der Waals surface area (Å²) in [6, 6.07) is 0. The molecule has 0 unspecified atom stereocenters. The molecule has 0 aromatic rings. The van der Waals surface area contributed by atoms with E-state index in [9.17, 15) is 0 Å². The summed E-state index contributed by atoms with van der Waals surface area (Å²) < 4.78 is 0. The molecular formula is C12H20. The van der Waals surface area contributed by atoms with Crippen LogP contribution in [0.25, 0.3) is 0 Å². The highest BCUT2D eigenvalue weighted by atomic mass is 14.2. The van der Waals surface area contributed by atoms with Gasteiger partial charge in [-0.2, -0.15) is 0 Å². The van der Waals surface area contributed by atoms with E-state index in [0.29, 0.717) is 0 Å². The minimum absolute atomic E-state index is 0.174. The van der Waals surface area contributed by atoms with Gasteiger partial charge in [-0.3, -0.25) is 0 Å². The van der Waals surface area contributed by atoms with Crippen molar-refractivity contribution in [1.82, 2.24) is 0 Å². The van der Waals surface area contributed by atoms with Crippen LogP contribution in [0.15, 0.2) is 30.0 Å². The topological polar surface area (TPSA) is 0 Å². The van der Waals surface area contributed by atoms with Crippen molar-refractivity contribution in [3.05, 3.63) is 30.0 Å². The first kappa shape index (κ1) is 11.3. The van der Waals surface area contributed by atoms with Crippen LogP contribution in [0.5, 0.6) is 0 Å². The Bertz CT molecular complexity index is 195. The Morgan fingerprint density at radius 2 is 2.00 bits per heavy atom. The summed E-state index contributed by atoms with van der Waals surface area (Å²) in [5, 5.41) is 0. The van der Waals surface area contributed by atoms with Crippen molar-refractivity contribution in [2.45, 2.75) is 40.5 Å². The molecule has 0 aliphatic heterocycles. The van der Waals surface area contributed by atoms with E-state index in [1.807, 2.05) is 6.08 Å². The Morgan fingerprint density at radius 1 is 1.42 bits per heavy atom. The third kappa shape index (κ3) is 4.98. The molecule has 0 saturated carbocycles. The Kier molecular flexibility index (Phi) is 4.70. The molecule has 0 heteroatoms. The molecule has 0 N–H and O–H groups in total. The maximum atomic E-state index is 3.99. The van der Waals surface area contributed by atoms with Gasteiger partial charge in [0.15, 0.2) is 0 Å². The van der Waals surface area contributed by atoms with Crippen LogP contribution in [-0.2, 0) is 0 Å². The Morgan fingerprint density at radius 3 is 2.42 bits per heavy atom. The molecule has 0 bridgehead atoms. The molecule has 0 amide bonds. The lowest BCUT2D eigenvalue weighted by Gasteiger charge is -2.17. The van der Waals surface area contributed by atoms with Gasteiger partial charge in [0.25, 0.3) is 0 Å². The Balaban J connectivity index is 4.09. The molecule has 0 aromatic heterocycles. The predicted molar refractivity (Wildman–Crippen MR) is 56.2 cm³/mol. The fourth-order valence-corrected chi connectivity index (χ4v) is 0.604. The zero-order chi connectivity index (χ0) is 9.61. The first-order valence-electron chi connectivity index (χ1n) is 4.58. The molecule has 0 rings (SSSR count). The molecule has 0 aromatic carbocycles. The summed E-state index contributed by atoms with van der Waals surface area (Å²) in [7, 11) is 0. The van der Waals surface area contributed by atoms with Crippen molar-refractivity contribution in [3.8, 4) is 0 Å². The van der Waals surface area contributed by atoms with E-state index < -0.39 is 0 Å². The molecule has 0 aliphatic carbocycles. The maximum absolute atomic E-state index is 3.99. The SMILES string of the molecule is C=C(C=C=CCCC)C(C)(C)C. The van der Waals surface area contributed by atoms with Crippen molar-refractivity contribution < 1.29 is 0 Å². The van der Waals surface area contributed by atoms with Gasteiger partial charge >= 0.3 is 0 Å². The van der Waals surface area contributed by atoms with Crippen LogP contribution in [0, 0.1) is 5.41 Å². The molecule has 0 aliphatic rings. The monoisotopic (exact) mass is 164 g/mol. The first-order chi connectivity index (χ1) is 5.48. The van der Waals surface area contributed by atoms with E-state index in [0.717, 1.165) is 12.0 Å². The summed E-state index contributed by atoms with van der Waals surface area (Å²) in [5.74, 6) is 0.